The van der Waals surface area contributed by atoms with Crippen LogP contribution >= 0.6 is 0 Å². The van der Waals surface area contributed by atoms with Crippen LogP contribution in [0.5, 0.6) is 11.5 Å². The lowest BCUT2D eigenvalue weighted by molar-refractivity contribution is 0.401. The third kappa shape index (κ3) is 2.76. The van der Waals surface area contributed by atoms with Gasteiger partial charge in [0.2, 0.25) is 0 Å². The van der Waals surface area contributed by atoms with E-state index in [1.807, 2.05) is 62.0 Å². The average Bonchev–Trinajstić information content (AvgIpc) is 3.23. The molecule has 0 unspecified atom stereocenters. The lowest BCUT2D eigenvalue weighted by atomic mass is 9.98. The highest BCUT2D eigenvalue weighted by atomic mass is 16.5. The van der Waals surface area contributed by atoms with E-state index in [-0.39, 0.29) is 17.4 Å². The average molecular weight is 378 g/mol. The van der Waals surface area contributed by atoms with Crippen molar-refractivity contribution in [3.8, 4) is 28.6 Å². The third-order valence-electron chi connectivity index (χ3n) is 5.01. The molecule has 2 aromatic carbocycles. The number of benzene rings is 2. The second-order valence-corrected chi connectivity index (χ2v) is 7.12. The first-order valence-electron chi connectivity index (χ1n) is 9.05. The van der Waals surface area contributed by atoms with E-state index in [2.05, 4.69) is 10.2 Å². The predicted octanol–water partition coefficient (Wildman–Crippen LogP) is 3.56. The summed E-state index contributed by atoms with van der Waals surface area (Å²) < 4.78 is 8.88. The summed E-state index contributed by atoms with van der Waals surface area (Å²) in [6.07, 6.45) is 1.97. The molecule has 0 spiro atoms. The molecular weight excluding hydrogens is 356 g/mol. The zero-order chi connectivity index (χ0) is 20.0. The summed E-state index contributed by atoms with van der Waals surface area (Å²) >= 11 is 0. The van der Waals surface area contributed by atoms with Crippen molar-refractivity contribution in [1.29, 1.82) is 0 Å². The Kier molecular flexibility index (Phi) is 4.22. The van der Waals surface area contributed by atoms with Crippen LogP contribution in [0.1, 0.15) is 25.3 Å². The number of aromatic amines is 1. The summed E-state index contributed by atoms with van der Waals surface area (Å²) in [4.78, 5) is 12.5. The molecule has 0 aliphatic heterocycles. The molecular formula is C21H22N4O3. The van der Waals surface area contributed by atoms with Gasteiger partial charge in [-0.2, -0.15) is 5.10 Å². The van der Waals surface area contributed by atoms with Gasteiger partial charge in [-0.15, -0.1) is 0 Å². The van der Waals surface area contributed by atoms with Crippen LogP contribution in [-0.4, -0.2) is 31.5 Å². The smallest absolute Gasteiger partial charge is 0.348 e. The molecule has 7 nitrogen and oxygen atoms in total. The maximum Gasteiger partial charge on any atom is 0.348 e. The molecule has 2 aromatic heterocycles. The standard InChI is InChI=1S/C21H22N4O3/c1-12(2)15-10-16(18(26)11-19(15)28-4)20-22-23-21(27)25(20)14-5-6-17-13(9-14)7-8-24(17)3/h5-12,26H,1-4H3,(H,23,27). The Hall–Kier alpha value is -3.48. The number of hydrogen-bond acceptors (Lipinski definition) is 4. The fraction of sp³-hybridized carbons (Fsp3) is 0.238. The first kappa shape index (κ1) is 17.9. The van der Waals surface area contributed by atoms with Gasteiger partial charge in [0.05, 0.1) is 18.4 Å². The van der Waals surface area contributed by atoms with Crippen LogP contribution in [0.3, 0.4) is 0 Å². The van der Waals surface area contributed by atoms with E-state index in [4.69, 9.17) is 4.74 Å². The largest absolute Gasteiger partial charge is 0.507 e. The molecule has 0 saturated heterocycles. The van der Waals surface area contributed by atoms with Gasteiger partial charge >= 0.3 is 5.69 Å². The molecule has 0 atom stereocenters. The molecule has 4 aromatic rings. The number of nitrogens with zero attached hydrogens (tertiary/aromatic N) is 3. The van der Waals surface area contributed by atoms with E-state index in [1.165, 1.54) is 4.57 Å². The van der Waals surface area contributed by atoms with Crippen molar-refractivity contribution in [2.75, 3.05) is 7.11 Å². The van der Waals surface area contributed by atoms with Crippen molar-refractivity contribution < 1.29 is 9.84 Å². The number of methoxy groups -OCH3 is 1. The van der Waals surface area contributed by atoms with Crippen LogP contribution < -0.4 is 10.4 Å². The number of phenols is 1. The molecule has 0 aliphatic carbocycles. The first-order valence-corrected chi connectivity index (χ1v) is 9.05. The quantitative estimate of drug-likeness (QED) is 0.569. The van der Waals surface area contributed by atoms with E-state index in [0.29, 0.717) is 22.8 Å². The zero-order valence-electron chi connectivity index (χ0n) is 16.2. The highest BCUT2D eigenvalue weighted by molar-refractivity contribution is 5.82. The molecule has 0 radical (unpaired) electrons. The Balaban J connectivity index is 1.93. The lowest BCUT2D eigenvalue weighted by Gasteiger charge is -2.15. The van der Waals surface area contributed by atoms with Gasteiger partial charge in [-0.1, -0.05) is 13.8 Å². The SMILES string of the molecule is COc1cc(O)c(-c2n[nH]c(=O)n2-c2ccc3c(ccn3C)c2)cc1C(C)C. The highest BCUT2D eigenvalue weighted by Gasteiger charge is 2.20. The van der Waals surface area contributed by atoms with Gasteiger partial charge in [-0.05, 0) is 41.8 Å². The fourth-order valence-electron chi connectivity index (χ4n) is 3.52. The van der Waals surface area contributed by atoms with Crippen molar-refractivity contribution >= 4 is 10.9 Å². The molecule has 0 amide bonds. The highest BCUT2D eigenvalue weighted by Crippen LogP contribution is 2.38. The monoisotopic (exact) mass is 378 g/mol. The molecule has 0 saturated carbocycles. The zero-order valence-corrected chi connectivity index (χ0v) is 16.2. The molecule has 2 N–H and O–H groups in total. The Morgan fingerprint density at radius 2 is 1.96 bits per heavy atom. The third-order valence-corrected chi connectivity index (χ3v) is 5.01. The number of aryl methyl sites for hydroxylation is 1. The number of nitrogens with one attached hydrogen (secondary N) is 1. The molecule has 0 bridgehead atoms. The van der Waals surface area contributed by atoms with Crippen LogP contribution in [0.15, 0.2) is 47.4 Å². The van der Waals surface area contributed by atoms with E-state index in [9.17, 15) is 9.90 Å². The number of fused-ring (bicyclic) bond motifs is 1. The molecule has 2 heterocycles. The van der Waals surface area contributed by atoms with Crippen LogP contribution in [0.25, 0.3) is 28.0 Å². The Labute approximate surface area is 161 Å². The number of aromatic nitrogens is 4. The number of phenolic OH excluding ortho intramolecular Hbond substituents is 1. The van der Waals surface area contributed by atoms with Crippen LogP contribution in [0.4, 0.5) is 0 Å². The minimum atomic E-state index is -0.369. The fourth-order valence-corrected chi connectivity index (χ4v) is 3.52. The number of ether oxygens (including phenoxy) is 1. The summed E-state index contributed by atoms with van der Waals surface area (Å²) in [6.45, 7) is 4.08. The van der Waals surface area contributed by atoms with Gasteiger partial charge < -0.3 is 14.4 Å². The van der Waals surface area contributed by atoms with E-state index in [0.717, 1.165) is 16.5 Å². The molecule has 4 rings (SSSR count). The van der Waals surface area contributed by atoms with Crippen molar-refractivity contribution in [3.05, 3.63) is 58.6 Å². The minimum absolute atomic E-state index is 0.00212. The van der Waals surface area contributed by atoms with Crippen LogP contribution in [0.2, 0.25) is 0 Å². The van der Waals surface area contributed by atoms with Crippen molar-refractivity contribution in [1.82, 2.24) is 19.3 Å². The minimum Gasteiger partial charge on any atom is -0.507 e. The van der Waals surface area contributed by atoms with Gasteiger partial charge in [-0.3, -0.25) is 0 Å². The van der Waals surface area contributed by atoms with E-state index in [1.54, 1.807) is 13.2 Å². The Morgan fingerprint density at radius 3 is 2.68 bits per heavy atom. The molecule has 7 heteroatoms. The van der Waals surface area contributed by atoms with Gasteiger partial charge in [0.1, 0.15) is 11.5 Å². The van der Waals surface area contributed by atoms with Gasteiger partial charge in [0.15, 0.2) is 5.82 Å². The van der Waals surface area contributed by atoms with Gasteiger partial charge in [0, 0.05) is 30.2 Å². The van der Waals surface area contributed by atoms with Crippen LogP contribution in [0, 0.1) is 0 Å². The Morgan fingerprint density at radius 1 is 1.18 bits per heavy atom. The molecule has 0 aliphatic rings. The maximum atomic E-state index is 12.5. The van der Waals surface area contributed by atoms with Crippen molar-refractivity contribution in [3.63, 3.8) is 0 Å². The van der Waals surface area contributed by atoms with E-state index < -0.39 is 0 Å². The number of aromatic hydroxyl groups is 1. The maximum absolute atomic E-state index is 12.5. The first-order chi connectivity index (χ1) is 13.4. The second kappa shape index (κ2) is 6.60. The number of rotatable bonds is 4. The predicted molar refractivity (Wildman–Crippen MR) is 108 cm³/mol. The summed E-state index contributed by atoms with van der Waals surface area (Å²) in [5.74, 6) is 1.13. The molecule has 144 valence electrons. The summed E-state index contributed by atoms with van der Waals surface area (Å²) in [5, 5.41) is 18.3. The molecule has 28 heavy (non-hydrogen) atoms. The number of H-pyrrole nitrogens is 1. The topological polar surface area (TPSA) is 85.1 Å². The van der Waals surface area contributed by atoms with Gasteiger partial charge in [-0.25, -0.2) is 14.5 Å². The van der Waals surface area contributed by atoms with Crippen molar-refractivity contribution in [2.24, 2.45) is 7.05 Å². The normalized spacial score (nSPS) is 11.5. The Bertz CT molecular complexity index is 1230. The second-order valence-electron chi connectivity index (χ2n) is 7.12. The molecule has 0 fully saturated rings. The number of hydrogen-bond donors (Lipinski definition) is 2. The van der Waals surface area contributed by atoms with Crippen LogP contribution in [-0.2, 0) is 7.05 Å². The summed E-state index contributed by atoms with van der Waals surface area (Å²) in [7, 11) is 3.54. The van der Waals surface area contributed by atoms with E-state index >= 15 is 0 Å². The summed E-state index contributed by atoms with van der Waals surface area (Å²) in [6, 6.07) is 11.1. The van der Waals surface area contributed by atoms with Gasteiger partial charge in [0.25, 0.3) is 0 Å². The lowest BCUT2D eigenvalue weighted by Crippen LogP contribution is -2.15. The van der Waals surface area contributed by atoms with Crippen molar-refractivity contribution in [2.45, 2.75) is 19.8 Å². The summed E-state index contributed by atoms with van der Waals surface area (Å²) in [5.41, 5.74) is 2.77.